The summed E-state index contributed by atoms with van der Waals surface area (Å²) < 4.78 is 13.3. The van der Waals surface area contributed by atoms with Gasteiger partial charge in [-0.3, -0.25) is 0 Å². The fourth-order valence-electron chi connectivity index (χ4n) is 2.79. The van der Waals surface area contributed by atoms with E-state index in [4.69, 9.17) is 11.6 Å². The first-order chi connectivity index (χ1) is 13.0. The van der Waals surface area contributed by atoms with Gasteiger partial charge < -0.3 is 5.32 Å². The quantitative estimate of drug-likeness (QED) is 0.558. The number of benzene rings is 2. The second-order valence-corrected chi connectivity index (χ2v) is 7.39. The van der Waals surface area contributed by atoms with Crippen LogP contribution in [0.4, 0.5) is 4.39 Å². The molecule has 0 saturated carbocycles. The van der Waals surface area contributed by atoms with Gasteiger partial charge in [-0.05, 0) is 36.6 Å². The number of halogens is 2. The molecule has 1 heterocycles. The average molecular weight is 387 g/mol. The average Bonchev–Trinajstić information content (AvgIpc) is 3.04. The molecule has 3 aromatic rings. The third-order valence-electron chi connectivity index (χ3n) is 4.29. The van der Waals surface area contributed by atoms with E-state index in [9.17, 15) is 4.39 Å². The van der Waals surface area contributed by atoms with Crippen molar-refractivity contribution in [2.24, 2.45) is 5.92 Å². The van der Waals surface area contributed by atoms with Gasteiger partial charge in [-0.2, -0.15) is 15.0 Å². The predicted molar refractivity (Wildman–Crippen MR) is 107 cm³/mol. The Morgan fingerprint density at radius 3 is 2.59 bits per heavy atom. The van der Waals surface area contributed by atoms with Crippen molar-refractivity contribution >= 4 is 11.6 Å². The molecule has 4 nitrogen and oxygen atoms in total. The molecule has 0 aliphatic carbocycles. The normalized spacial score (nSPS) is 11.3. The van der Waals surface area contributed by atoms with E-state index >= 15 is 0 Å². The van der Waals surface area contributed by atoms with Gasteiger partial charge in [0.25, 0.3) is 0 Å². The highest BCUT2D eigenvalue weighted by Crippen LogP contribution is 2.22. The predicted octanol–water partition coefficient (Wildman–Crippen LogP) is 4.92. The van der Waals surface area contributed by atoms with Crippen LogP contribution in [0, 0.1) is 11.7 Å². The van der Waals surface area contributed by atoms with Gasteiger partial charge in [0.2, 0.25) is 0 Å². The lowest BCUT2D eigenvalue weighted by Gasteiger charge is -2.06. The Kier molecular flexibility index (Phi) is 6.58. The highest BCUT2D eigenvalue weighted by atomic mass is 35.5. The maximum Gasteiger partial charge on any atom is 0.124 e. The number of nitrogens with one attached hydrogen (secondary N) is 1. The Balaban J connectivity index is 1.82. The van der Waals surface area contributed by atoms with Crippen LogP contribution in [0.15, 0.2) is 48.5 Å². The van der Waals surface area contributed by atoms with Crippen LogP contribution in [0.5, 0.6) is 0 Å². The second kappa shape index (κ2) is 9.11. The molecule has 0 unspecified atom stereocenters. The first-order valence-corrected chi connectivity index (χ1v) is 9.55. The van der Waals surface area contributed by atoms with Crippen molar-refractivity contribution in [2.75, 3.05) is 6.54 Å². The zero-order valence-electron chi connectivity index (χ0n) is 15.6. The summed E-state index contributed by atoms with van der Waals surface area (Å²) in [7, 11) is 0. The van der Waals surface area contributed by atoms with E-state index in [1.165, 1.54) is 12.1 Å². The van der Waals surface area contributed by atoms with Crippen molar-refractivity contribution in [3.8, 4) is 11.3 Å². The molecule has 0 aliphatic heterocycles. The monoisotopic (exact) mass is 386 g/mol. The molecule has 2 aromatic carbocycles. The molecule has 0 radical (unpaired) electrons. The number of nitrogens with zero attached hydrogens (tertiary/aromatic N) is 3. The van der Waals surface area contributed by atoms with E-state index in [0.717, 1.165) is 35.5 Å². The van der Waals surface area contributed by atoms with Crippen molar-refractivity contribution in [2.45, 2.75) is 33.4 Å². The van der Waals surface area contributed by atoms with Crippen LogP contribution < -0.4 is 5.32 Å². The topological polar surface area (TPSA) is 42.7 Å². The lowest BCUT2D eigenvalue weighted by atomic mass is 10.1. The summed E-state index contributed by atoms with van der Waals surface area (Å²) in [5.41, 5.74) is 3.55. The zero-order chi connectivity index (χ0) is 19.2. The first-order valence-electron chi connectivity index (χ1n) is 9.17. The third kappa shape index (κ3) is 5.37. The van der Waals surface area contributed by atoms with Crippen molar-refractivity contribution in [3.05, 3.63) is 70.6 Å². The molecule has 142 valence electrons. The molecule has 0 atom stereocenters. The Morgan fingerprint density at radius 1 is 1.11 bits per heavy atom. The molecule has 1 aromatic heterocycles. The molecule has 0 amide bonds. The summed E-state index contributed by atoms with van der Waals surface area (Å²) in [5.74, 6) is 0.305. The molecular formula is C21H24ClFN4. The fourth-order valence-corrected chi connectivity index (χ4v) is 3.02. The molecule has 0 aliphatic rings. The van der Waals surface area contributed by atoms with Gasteiger partial charge in [0.05, 0.1) is 6.54 Å². The van der Waals surface area contributed by atoms with E-state index in [2.05, 4.69) is 29.4 Å². The summed E-state index contributed by atoms with van der Waals surface area (Å²) in [6, 6.07) is 14.4. The van der Waals surface area contributed by atoms with Gasteiger partial charge in [0.15, 0.2) is 0 Å². The Hall–Kier alpha value is -2.24. The minimum absolute atomic E-state index is 0.350. The third-order valence-corrected chi connectivity index (χ3v) is 4.64. The van der Waals surface area contributed by atoms with E-state index in [1.54, 1.807) is 10.9 Å². The van der Waals surface area contributed by atoms with E-state index in [-0.39, 0.29) is 5.82 Å². The summed E-state index contributed by atoms with van der Waals surface area (Å²) in [4.78, 5) is 1.63. The number of rotatable bonds is 8. The number of hydrogen-bond acceptors (Lipinski definition) is 3. The van der Waals surface area contributed by atoms with Crippen molar-refractivity contribution in [1.29, 1.82) is 0 Å². The molecule has 0 bridgehead atoms. The van der Waals surface area contributed by atoms with Crippen LogP contribution in [0.25, 0.3) is 11.3 Å². The van der Waals surface area contributed by atoms with Gasteiger partial charge in [-0.15, -0.1) is 0 Å². The number of aromatic nitrogens is 3. The molecule has 0 spiro atoms. The summed E-state index contributed by atoms with van der Waals surface area (Å²) in [5, 5.41) is 13.1. The van der Waals surface area contributed by atoms with Crippen LogP contribution in [0.2, 0.25) is 5.02 Å². The Morgan fingerprint density at radius 2 is 1.89 bits per heavy atom. The molecule has 6 heteroatoms. The smallest absolute Gasteiger partial charge is 0.124 e. The minimum Gasteiger partial charge on any atom is -0.311 e. The van der Waals surface area contributed by atoms with Gasteiger partial charge in [0, 0.05) is 17.1 Å². The minimum atomic E-state index is -0.350. The first kappa shape index (κ1) is 19.5. The fraction of sp³-hybridized carbons (Fsp3) is 0.333. The molecule has 0 saturated heterocycles. The highest BCUT2D eigenvalue weighted by molar-refractivity contribution is 6.31. The maximum absolute atomic E-state index is 13.3. The summed E-state index contributed by atoms with van der Waals surface area (Å²) in [6.45, 7) is 6.39. The van der Waals surface area contributed by atoms with E-state index in [1.807, 2.05) is 30.3 Å². The highest BCUT2D eigenvalue weighted by Gasteiger charge is 2.14. The van der Waals surface area contributed by atoms with Crippen LogP contribution >= 0.6 is 11.6 Å². The summed E-state index contributed by atoms with van der Waals surface area (Å²) >= 11 is 6.15. The van der Waals surface area contributed by atoms with E-state index < -0.39 is 0 Å². The lowest BCUT2D eigenvalue weighted by molar-refractivity contribution is 0.529. The SMILES string of the molecule is CC(C)CCNCc1nn(Cc2ccc(F)cc2Cl)nc1-c1ccccc1. The van der Waals surface area contributed by atoms with E-state index in [0.29, 0.717) is 24.0 Å². The molecule has 0 fully saturated rings. The van der Waals surface area contributed by atoms with Crippen LogP contribution in [-0.4, -0.2) is 21.5 Å². The van der Waals surface area contributed by atoms with Crippen molar-refractivity contribution in [1.82, 2.24) is 20.3 Å². The van der Waals surface area contributed by atoms with Crippen LogP contribution in [0.1, 0.15) is 31.5 Å². The van der Waals surface area contributed by atoms with Gasteiger partial charge >= 0.3 is 0 Å². The molecular weight excluding hydrogens is 363 g/mol. The Bertz CT molecular complexity index is 877. The second-order valence-electron chi connectivity index (χ2n) is 6.99. The molecule has 3 rings (SSSR count). The van der Waals surface area contributed by atoms with Gasteiger partial charge in [-0.25, -0.2) is 4.39 Å². The Labute approximate surface area is 164 Å². The van der Waals surface area contributed by atoms with Gasteiger partial charge in [-0.1, -0.05) is 61.8 Å². The van der Waals surface area contributed by atoms with Gasteiger partial charge in [0.1, 0.15) is 17.2 Å². The van der Waals surface area contributed by atoms with Crippen molar-refractivity contribution in [3.63, 3.8) is 0 Å². The van der Waals surface area contributed by atoms with Crippen LogP contribution in [-0.2, 0) is 13.1 Å². The molecule has 27 heavy (non-hydrogen) atoms. The van der Waals surface area contributed by atoms with Crippen LogP contribution in [0.3, 0.4) is 0 Å². The zero-order valence-corrected chi connectivity index (χ0v) is 16.4. The standard InChI is InChI=1S/C21H24ClFN4/c1-15(2)10-11-24-13-20-21(16-6-4-3-5-7-16)26-27(25-20)14-17-8-9-18(23)12-19(17)22/h3-9,12,15,24H,10-11,13-14H2,1-2H3. The molecule has 1 N–H and O–H groups in total. The lowest BCUT2D eigenvalue weighted by Crippen LogP contribution is -2.17. The maximum atomic E-state index is 13.3. The largest absolute Gasteiger partial charge is 0.311 e. The van der Waals surface area contributed by atoms with Crippen molar-refractivity contribution < 1.29 is 4.39 Å². The number of hydrogen-bond donors (Lipinski definition) is 1. The summed E-state index contributed by atoms with van der Waals surface area (Å²) in [6.07, 6.45) is 1.11.